The van der Waals surface area contributed by atoms with Gasteiger partial charge >= 0.3 is 5.97 Å². The molecule has 0 spiro atoms. The Labute approximate surface area is 125 Å². The highest BCUT2D eigenvalue weighted by Crippen LogP contribution is 2.23. The van der Waals surface area contributed by atoms with E-state index >= 15 is 0 Å². The number of amides is 1. The van der Waals surface area contributed by atoms with E-state index in [0.29, 0.717) is 24.4 Å². The van der Waals surface area contributed by atoms with Crippen molar-refractivity contribution in [3.63, 3.8) is 0 Å². The smallest absolute Gasteiger partial charge is 0.306 e. The standard InChI is InChI=1S/C14H16N2O4S/c1-9(14(18)19)4-5-15-12(17)7-10-8-21-13(16-10)11-3-2-6-20-11/h2-3,6,8-9H,4-5,7H2,1H3,(H,15,17)(H,18,19). The molecule has 7 heteroatoms. The Kier molecular flexibility index (Phi) is 5.10. The van der Waals surface area contributed by atoms with E-state index in [1.54, 1.807) is 19.3 Å². The predicted molar refractivity (Wildman–Crippen MR) is 77.9 cm³/mol. The first-order chi connectivity index (χ1) is 10.1. The van der Waals surface area contributed by atoms with Gasteiger partial charge in [0.1, 0.15) is 0 Å². The first-order valence-corrected chi connectivity index (χ1v) is 7.42. The Morgan fingerprint density at radius 3 is 3.00 bits per heavy atom. The molecule has 0 radical (unpaired) electrons. The van der Waals surface area contributed by atoms with E-state index < -0.39 is 11.9 Å². The highest BCUT2D eigenvalue weighted by Gasteiger charge is 2.13. The normalized spacial score (nSPS) is 12.0. The SMILES string of the molecule is CC(CCNC(=O)Cc1csc(-c2ccco2)n1)C(=O)O. The minimum absolute atomic E-state index is 0.163. The second-order valence-corrected chi connectivity index (χ2v) is 5.53. The minimum atomic E-state index is -0.855. The van der Waals surface area contributed by atoms with Crippen LogP contribution in [0.4, 0.5) is 0 Å². The van der Waals surface area contributed by atoms with Crippen LogP contribution in [0.5, 0.6) is 0 Å². The van der Waals surface area contributed by atoms with Gasteiger partial charge in [-0.15, -0.1) is 11.3 Å². The molecule has 0 aliphatic rings. The molecule has 6 nitrogen and oxygen atoms in total. The number of rotatable bonds is 7. The molecule has 2 heterocycles. The molecule has 2 N–H and O–H groups in total. The predicted octanol–water partition coefficient (Wildman–Crippen LogP) is 2.17. The zero-order valence-corrected chi connectivity index (χ0v) is 12.4. The molecule has 2 rings (SSSR count). The van der Waals surface area contributed by atoms with Gasteiger partial charge in [-0.3, -0.25) is 9.59 Å². The van der Waals surface area contributed by atoms with Crippen molar-refractivity contribution in [1.82, 2.24) is 10.3 Å². The van der Waals surface area contributed by atoms with Crippen molar-refractivity contribution >= 4 is 23.2 Å². The number of carboxylic acids is 1. The van der Waals surface area contributed by atoms with Crippen LogP contribution in [0.1, 0.15) is 19.0 Å². The lowest BCUT2D eigenvalue weighted by Gasteiger charge is -2.07. The molecule has 0 aliphatic carbocycles. The molecule has 0 saturated heterocycles. The average Bonchev–Trinajstić information content (AvgIpc) is 3.08. The van der Waals surface area contributed by atoms with Crippen LogP contribution in [-0.4, -0.2) is 28.5 Å². The van der Waals surface area contributed by atoms with Crippen molar-refractivity contribution in [3.05, 3.63) is 29.5 Å². The molecule has 1 atom stereocenters. The summed E-state index contributed by atoms with van der Waals surface area (Å²) in [5, 5.41) is 14.0. The lowest BCUT2D eigenvalue weighted by molar-refractivity contribution is -0.141. The number of hydrogen-bond acceptors (Lipinski definition) is 5. The number of carboxylic acid groups (broad SMARTS) is 1. The maximum Gasteiger partial charge on any atom is 0.306 e. The number of aromatic nitrogens is 1. The van der Waals surface area contributed by atoms with Crippen molar-refractivity contribution in [2.75, 3.05) is 6.54 Å². The van der Waals surface area contributed by atoms with Gasteiger partial charge in [0.05, 0.1) is 24.3 Å². The number of carbonyl (C=O) groups excluding carboxylic acids is 1. The summed E-state index contributed by atoms with van der Waals surface area (Å²) in [5.41, 5.74) is 0.676. The molecule has 0 aliphatic heterocycles. The van der Waals surface area contributed by atoms with E-state index in [-0.39, 0.29) is 12.3 Å². The van der Waals surface area contributed by atoms with Gasteiger partial charge in [0.25, 0.3) is 0 Å². The van der Waals surface area contributed by atoms with Crippen LogP contribution in [0.15, 0.2) is 28.2 Å². The molecular weight excluding hydrogens is 292 g/mol. The fraction of sp³-hybridized carbons (Fsp3) is 0.357. The van der Waals surface area contributed by atoms with E-state index in [2.05, 4.69) is 10.3 Å². The average molecular weight is 308 g/mol. The number of hydrogen-bond donors (Lipinski definition) is 2. The first kappa shape index (κ1) is 15.2. The summed E-state index contributed by atoms with van der Waals surface area (Å²) in [6.07, 6.45) is 2.17. The fourth-order valence-electron chi connectivity index (χ4n) is 1.68. The number of thiazole rings is 1. The number of furan rings is 1. The van der Waals surface area contributed by atoms with Gasteiger partial charge in [-0.2, -0.15) is 0 Å². The lowest BCUT2D eigenvalue weighted by Crippen LogP contribution is -2.28. The Bertz CT molecular complexity index is 606. The number of carbonyl (C=O) groups is 2. The van der Waals surface area contributed by atoms with E-state index in [9.17, 15) is 9.59 Å². The summed E-state index contributed by atoms with van der Waals surface area (Å²) in [6, 6.07) is 3.60. The van der Waals surface area contributed by atoms with Gasteiger partial charge in [0.15, 0.2) is 10.8 Å². The van der Waals surface area contributed by atoms with Crippen molar-refractivity contribution in [1.29, 1.82) is 0 Å². The van der Waals surface area contributed by atoms with Crippen LogP contribution in [0.3, 0.4) is 0 Å². The second-order valence-electron chi connectivity index (χ2n) is 4.68. The van der Waals surface area contributed by atoms with Crippen molar-refractivity contribution < 1.29 is 19.1 Å². The Morgan fingerprint density at radius 2 is 2.33 bits per heavy atom. The van der Waals surface area contributed by atoms with Crippen LogP contribution in [0.2, 0.25) is 0 Å². The van der Waals surface area contributed by atoms with Crippen LogP contribution >= 0.6 is 11.3 Å². The van der Waals surface area contributed by atoms with Crippen molar-refractivity contribution in [2.45, 2.75) is 19.8 Å². The van der Waals surface area contributed by atoms with Gasteiger partial charge in [-0.1, -0.05) is 6.92 Å². The van der Waals surface area contributed by atoms with Gasteiger partial charge in [-0.25, -0.2) is 4.98 Å². The summed E-state index contributed by atoms with van der Waals surface area (Å²) < 4.78 is 5.24. The summed E-state index contributed by atoms with van der Waals surface area (Å²) in [5.74, 6) is -0.798. The van der Waals surface area contributed by atoms with Crippen LogP contribution in [0, 0.1) is 5.92 Å². The molecule has 0 saturated carbocycles. The van der Waals surface area contributed by atoms with Crippen molar-refractivity contribution in [3.8, 4) is 10.8 Å². The molecular formula is C14H16N2O4S. The molecule has 2 aromatic rings. The highest BCUT2D eigenvalue weighted by molar-refractivity contribution is 7.13. The second kappa shape index (κ2) is 7.03. The number of nitrogens with zero attached hydrogens (tertiary/aromatic N) is 1. The zero-order valence-electron chi connectivity index (χ0n) is 11.5. The van der Waals surface area contributed by atoms with Crippen molar-refractivity contribution in [2.24, 2.45) is 5.92 Å². The lowest BCUT2D eigenvalue weighted by atomic mass is 10.1. The molecule has 0 bridgehead atoms. The Morgan fingerprint density at radius 1 is 1.52 bits per heavy atom. The largest absolute Gasteiger partial charge is 0.481 e. The third-order valence-electron chi connectivity index (χ3n) is 2.95. The molecule has 0 fully saturated rings. The maximum atomic E-state index is 11.7. The van der Waals surface area contributed by atoms with Gasteiger partial charge < -0.3 is 14.8 Å². The van der Waals surface area contributed by atoms with Gasteiger partial charge in [0.2, 0.25) is 5.91 Å². The quantitative estimate of drug-likeness (QED) is 0.818. The zero-order chi connectivity index (χ0) is 15.2. The minimum Gasteiger partial charge on any atom is -0.481 e. The van der Waals surface area contributed by atoms with Crippen LogP contribution in [-0.2, 0) is 16.0 Å². The number of nitrogens with one attached hydrogen (secondary N) is 1. The molecule has 0 aromatic carbocycles. The summed E-state index contributed by atoms with van der Waals surface area (Å²) >= 11 is 1.42. The molecule has 1 unspecified atom stereocenters. The molecule has 2 aromatic heterocycles. The fourth-order valence-corrected chi connectivity index (χ4v) is 2.47. The summed E-state index contributed by atoms with van der Waals surface area (Å²) in [6.45, 7) is 1.96. The monoisotopic (exact) mass is 308 g/mol. The van der Waals surface area contributed by atoms with E-state index in [0.717, 1.165) is 5.01 Å². The number of aliphatic carboxylic acids is 1. The topological polar surface area (TPSA) is 92.4 Å². The maximum absolute atomic E-state index is 11.7. The van der Waals surface area contributed by atoms with E-state index in [1.807, 2.05) is 11.4 Å². The Balaban J connectivity index is 1.79. The molecule has 21 heavy (non-hydrogen) atoms. The van der Waals surface area contributed by atoms with E-state index in [4.69, 9.17) is 9.52 Å². The van der Waals surface area contributed by atoms with Gasteiger partial charge in [-0.05, 0) is 18.6 Å². The van der Waals surface area contributed by atoms with E-state index in [1.165, 1.54) is 11.3 Å². The summed E-state index contributed by atoms with van der Waals surface area (Å²) in [7, 11) is 0. The first-order valence-electron chi connectivity index (χ1n) is 6.54. The highest BCUT2D eigenvalue weighted by atomic mass is 32.1. The Hall–Kier alpha value is -2.15. The molecule has 112 valence electrons. The van der Waals surface area contributed by atoms with Crippen LogP contribution < -0.4 is 5.32 Å². The third kappa shape index (κ3) is 4.42. The van der Waals surface area contributed by atoms with Gasteiger partial charge in [0, 0.05) is 11.9 Å². The molecule has 1 amide bonds. The van der Waals surface area contributed by atoms with Crippen LogP contribution in [0.25, 0.3) is 10.8 Å². The third-order valence-corrected chi connectivity index (χ3v) is 3.85. The summed E-state index contributed by atoms with van der Waals surface area (Å²) in [4.78, 5) is 26.7.